The number of benzene rings is 2. The van der Waals surface area contributed by atoms with Gasteiger partial charge in [0.25, 0.3) is 0 Å². The normalized spacial score (nSPS) is 12.5. The van der Waals surface area contributed by atoms with Gasteiger partial charge in [-0.15, -0.1) is 0 Å². The Balaban J connectivity index is 2.13. The summed E-state index contributed by atoms with van der Waals surface area (Å²) >= 11 is 0. The van der Waals surface area contributed by atoms with E-state index >= 15 is 0 Å². The molecule has 2 aromatic rings. The third-order valence-corrected chi connectivity index (χ3v) is 4.67. The van der Waals surface area contributed by atoms with Crippen LogP contribution in [0.1, 0.15) is 18.5 Å². The summed E-state index contributed by atoms with van der Waals surface area (Å²) in [6, 6.07) is 10.1. The van der Waals surface area contributed by atoms with Gasteiger partial charge in [-0.2, -0.15) is 0 Å². The molecule has 0 spiro atoms. The number of hydrogen-bond acceptors (Lipinski definition) is 3. The molecule has 2 aromatic carbocycles. The number of nitrogens with one attached hydrogen (secondary N) is 1. The molecule has 0 radical (unpaired) electrons. The molecule has 134 valence electrons. The lowest BCUT2D eigenvalue weighted by Gasteiger charge is -2.23. The zero-order valence-corrected chi connectivity index (χ0v) is 14.6. The standard InChI is InChI=1S/C17H18F2N2O3S/c1-12(13-6-8-14(18)9-7-13)20-17(22)11-21(25(2,23)24)16-5-3-4-15(19)10-16/h3-10,12H,11H2,1-2H3,(H,20,22). The Morgan fingerprint density at radius 1 is 1.12 bits per heavy atom. The van der Waals surface area contributed by atoms with E-state index in [0.717, 1.165) is 16.6 Å². The molecule has 0 fully saturated rings. The highest BCUT2D eigenvalue weighted by molar-refractivity contribution is 7.92. The Morgan fingerprint density at radius 2 is 1.76 bits per heavy atom. The van der Waals surface area contributed by atoms with Gasteiger partial charge in [0.2, 0.25) is 15.9 Å². The van der Waals surface area contributed by atoms with Gasteiger partial charge in [0.15, 0.2) is 0 Å². The number of anilines is 1. The van der Waals surface area contributed by atoms with Crippen LogP contribution in [0.5, 0.6) is 0 Å². The van der Waals surface area contributed by atoms with Gasteiger partial charge in [0.1, 0.15) is 18.2 Å². The molecule has 0 saturated heterocycles. The quantitative estimate of drug-likeness (QED) is 0.852. The average molecular weight is 368 g/mol. The maximum absolute atomic E-state index is 13.4. The van der Waals surface area contributed by atoms with E-state index < -0.39 is 40.2 Å². The van der Waals surface area contributed by atoms with E-state index in [1.54, 1.807) is 6.92 Å². The topological polar surface area (TPSA) is 66.5 Å². The molecule has 0 aliphatic carbocycles. The van der Waals surface area contributed by atoms with Crippen molar-refractivity contribution in [3.05, 3.63) is 65.7 Å². The molecular weight excluding hydrogens is 350 g/mol. The molecule has 0 bridgehead atoms. The second-order valence-electron chi connectivity index (χ2n) is 5.59. The molecule has 1 atom stereocenters. The molecule has 0 heterocycles. The van der Waals surface area contributed by atoms with Crippen LogP contribution in [0.2, 0.25) is 0 Å². The fraction of sp³-hybridized carbons (Fsp3) is 0.235. The van der Waals surface area contributed by atoms with E-state index in [-0.39, 0.29) is 5.69 Å². The Hall–Kier alpha value is -2.48. The number of nitrogens with zero attached hydrogens (tertiary/aromatic N) is 1. The number of carbonyl (C=O) groups excluding carboxylic acids is 1. The van der Waals surface area contributed by atoms with Crippen molar-refractivity contribution in [3.8, 4) is 0 Å². The third-order valence-electron chi connectivity index (χ3n) is 3.53. The summed E-state index contributed by atoms with van der Waals surface area (Å²) in [6.45, 7) is 1.20. The van der Waals surface area contributed by atoms with Crippen molar-refractivity contribution in [2.75, 3.05) is 17.1 Å². The van der Waals surface area contributed by atoms with E-state index in [1.807, 2.05) is 0 Å². The summed E-state index contributed by atoms with van der Waals surface area (Å²) in [6.07, 6.45) is 0.939. The minimum absolute atomic E-state index is 0.0621. The molecule has 1 N–H and O–H groups in total. The molecule has 0 aliphatic heterocycles. The van der Waals surface area contributed by atoms with Crippen molar-refractivity contribution < 1.29 is 22.0 Å². The first kappa shape index (κ1) is 18.9. The van der Waals surface area contributed by atoms with Gasteiger partial charge < -0.3 is 5.32 Å². The first-order chi connectivity index (χ1) is 11.7. The van der Waals surface area contributed by atoms with E-state index in [4.69, 9.17) is 0 Å². The maximum atomic E-state index is 13.4. The fourth-order valence-electron chi connectivity index (χ4n) is 2.28. The van der Waals surface area contributed by atoms with Gasteiger partial charge in [-0.3, -0.25) is 9.10 Å². The third kappa shape index (κ3) is 5.25. The van der Waals surface area contributed by atoms with Gasteiger partial charge in [-0.05, 0) is 42.8 Å². The SMILES string of the molecule is CC(NC(=O)CN(c1cccc(F)c1)S(C)(=O)=O)c1ccc(F)cc1. The van der Waals surface area contributed by atoms with Crippen molar-refractivity contribution in [3.63, 3.8) is 0 Å². The molecule has 2 rings (SSSR count). The summed E-state index contributed by atoms with van der Waals surface area (Å²) < 4.78 is 51.0. The zero-order chi connectivity index (χ0) is 18.6. The smallest absolute Gasteiger partial charge is 0.241 e. The molecular formula is C17H18F2N2O3S. The van der Waals surface area contributed by atoms with Crippen LogP contribution in [0.3, 0.4) is 0 Å². The van der Waals surface area contributed by atoms with E-state index in [2.05, 4.69) is 5.32 Å². The molecule has 5 nitrogen and oxygen atoms in total. The Bertz CT molecular complexity index is 854. The molecule has 0 aromatic heterocycles. The minimum Gasteiger partial charge on any atom is -0.348 e. The Morgan fingerprint density at radius 3 is 2.32 bits per heavy atom. The van der Waals surface area contributed by atoms with E-state index in [9.17, 15) is 22.0 Å². The van der Waals surface area contributed by atoms with Crippen LogP contribution in [-0.4, -0.2) is 27.1 Å². The fourth-order valence-corrected chi connectivity index (χ4v) is 3.13. The number of halogens is 2. The predicted molar refractivity (Wildman–Crippen MR) is 91.5 cm³/mol. The van der Waals surface area contributed by atoms with Crippen LogP contribution >= 0.6 is 0 Å². The van der Waals surface area contributed by atoms with Crippen LogP contribution in [0.15, 0.2) is 48.5 Å². The van der Waals surface area contributed by atoms with E-state index in [0.29, 0.717) is 5.56 Å². The lowest BCUT2D eigenvalue weighted by molar-refractivity contribution is -0.120. The monoisotopic (exact) mass is 368 g/mol. The highest BCUT2D eigenvalue weighted by Crippen LogP contribution is 2.19. The van der Waals surface area contributed by atoms with Gasteiger partial charge in [0, 0.05) is 0 Å². The summed E-state index contributed by atoms with van der Waals surface area (Å²) in [5.74, 6) is -1.56. The number of sulfonamides is 1. The second kappa shape index (κ2) is 7.60. The predicted octanol–water partition coefficient (Wildman–Crippen LogP) is 2.61. The lowest BCUT2D eigenvalue weighted by Crippen LogP contribution is -2.41. The van der Waals surface area contributed by atoms with Crippen molar-refractivity contribution >= 4 is 21.6 Å². The second-order valence-corrected chi connectivity index (χ2v) is 7.50. The molecule has 0 saturated carbocycles. The highest BCUT2D eigenvalue weighted by atomic mass is 32.2. The number of amides is 1. The summed E-state index contributed by atoms with van der Waals surface area (Å²) in [5.41, 5.74) is 0.735. The van der Waals surface area contributed by atoms with Crippen molar-refractivity contribution in [2.24, 2.45) is 0 Å². The molecule has 8 heteroatoms. The van der Waals surface area contributed by atoms with Crippen molar-refractivity contribution in [1.82, 2.24) is 5.32 Å². The van der Waals surface area contributed by atoms with Gasteiger partial charge in [-0.25, -0.2) is 17.2 Å². The van der Waals surface area contributed by atoms with Crippen LogP contribution in [0.4, 0.5) is 14.5 Å². The minimum atomic E-state index is -3.78. The maximum Gasteiger partial charge on any atom is 0.241 e. The lowest BCUT2D eigenvalue weighted by atomic mass is 10.1. The van der Waals surface area contributed by atoms with Gasteiger partial charge in [0.05, 0.1) is 18.0 Å². The number of carbonyl (C=O) groups is 1. The largest absolute Gasteiger partial charge is 0.348 e. The summed E-state index contributed by atoms with van der Waals surface area (Å²) in [4.78, 5) is 12.2. The first-order valence-electron chi connectivity index (χ1n) is 7.45. The average Bonchev–Trinajstić information content (AvgIpc) is 2.52. The molecule has 25 heavy (non-hydrogen) atoms. The summed E-state index contributed by atoms with van der Waals surface area (Å²) in [5, 5.41) is 2.64. The van der Waals surface area contributed by atoms with Crippen LogP contribution in [0, 0.1) is 11.6 Å². The molecule has 1 unspecified atom stereocenters. The number of rotatable bonds is 6. The van der Waals surface area contributed by atoms with Crippen LogP contribution < -0.4 is 9.62 Å². The van der Waals surface area contributed by atoms with Crippen molar-refractivity contribution in [1.29, 1.82) is 0 Å². The highest BCUT2D eigenvalue weighted by Gasteiger charge is 2.22. The Kier molecular flexibility index (Phi) is 5.73. The van der Waals surface area contributed by atoms with Gasteiger partial charge in [-0.1, -0.05) is 18.2 Å². The first-order valence-corrected chi connectivity index (χ1v) is 9.30. The van der Waals surface area contributed by atoms with Crippen LogP contribution in [0.25, 0.3) is 0 Å². The molecule has 0 aliphatic rings. The van der Waals surface area contributed by atoms with Crippen LogP contribution in [-0.2, 0) is 14.8 Å². The summed E-state index contributed by atoms with van der Waals surface area (Å²) in [7, 11) is -3.78. The number of hydrogen-bond donors (Lipinski definition) is 1. The molecule has 1 amide bonds. The van der Waals surface area contributed by atoms with Gasteiger partial charge >= 0.3 is 0 Å². The van der Waals surface area contributed by atoms with Crippen molar-refractivity contribution in [2.45, 2.75) is 13.0 Å². The zero-order valence-electron chi connectivity index (χ0n) is 13.7. The Labute approximate surface area is 145 Å². The van der Waals surface area contributed by atoms with E-state index in [1.165, 1.54) is 42.5 Å².